The molecule has 0 aromatic carbocycles. The highest BCUT2D eigenvalue weighted by Crippen LogP contribution is 2.06. The van der Waals surface area contributed by atoms with Crippen LogP contribution in [0.2, 0.25) is 0 Å². The van der Waals surface area contributed by atoms with Crippen molar-refractivity contribution in [3.63, 3.8) is 0 Å². The van der Waals surface area contributed by atoms with Gasteiger partial charge in [0.25, 0.3) is 0 Å². The van der Waals surface area contributed by atoms with E-state index in [4.69, 9.17) is 9.47 Å². The molecule has 20 heavy (non-hydrogen) atoms. The maximum atomic E-state index is 5.59. The zero-order valence-corrected chi connectivity index (χ0v) is 14.8. The van der Waals surface area contributed by atoms with Crippen molar-refractivity contribution in [2.24, 2.45) is 4.99 Å². The summed E-state index contributed by atoms with van der Waals surface area (Å²) in [7, 11) is 0. The molecule has 1 unspecified atom stereocenters. The molecule has 1 atom stereocenters. The Morgan fingerprint density at radius 3 is 3.00 bits per heavy atom. The first-order chi connectivity index (χ1) is 9.38. The van der Waals surface area contributed by atoms with Crippen molar-refractivity contribution >= 4 is 41.3 Å². The van der Waals surface area contributed by atoms with Gasteiger partial charge in [0.1, 0.15) is 0 Å². The highest BCUT2D eigenvalue weighted by Gasteiger charge is 2.14. The Morgan fingerprint density at radius 1 is 1.45 bits per heavy atom. The Kier molecular flexibility index (Phi) is 9.16. The number of guanidine groups is 1. The van der Waals surface area contributed by atoms with E-state index in [0.717, 1.165) is 19.0 Å². The maximum Gasteiger partial charge on any atom is 0.191 e. The molecule has 2 rings (SSSR count). The van der Waals surface area contributed by atoms with Gasteiger partial charge in [-0.1, -0.05) is 0 Å². The number of ether oxygens (including phenoxy) is 2. The fraction of sp³-hybridized carbons (Fsp3) is 0.615. The third-order valence-electron chi connectivity index (χ3n) is 2.73. The van der Waals surface area contributed by atoms with Crippen LogP contribution in [0.3, 0.4) is 0 Å². The number of nitrogens with zero attached hydrogens (tertiary/aromatic N) is 1. The van der Waals surface area contributed by atoms with Gasteiger partial charge in [-0.25, -0.2) is 4.99 Å². The van der Waals surface area contributed by atoms with Crippen LogP contribution < -0.4 is 10.6 Å². The molecule has 0 amide bonds. The van der Waals surface area contributed by atoms with Crippen molar-refractivity contribution in [1.29, 1.82) is 0 Å². The molecule has 0 radical (unpaired) electrons. The summed E-state index contributed by atoms with van der Waals surface area (Å²) in [4.78, 5) is 4.55. The second-order valence-corrected chi connectivity index (χ2v) is 5.06. The smallest absolute Gasteiger partial charge is 0.191 e. The van der Waals surface area contributed by atoms with Crippen molar-refractivity contribution in [2.75, 3.05) is 32.9 Å². The zero-order valence-electron chi connectivity index (χ0n) is 11.6. The molecular formula is C13H22IN3O2S. The van der Waals surface area contributed by atoms with Gasteiger partial charge in [-0.3, -0.25) is 0 Å². The Morgan fingerprint density at radius 2 is 2.35 bits per heavy atom. The van der Waals surface area contributed by atoms with E-state index < -0.39 is 0 Å². The summed E-state index contributed by atoms with van der Waals surface area (Å²) < 4.78 is 11.0. The van der Waals surface area contributed by atoms with Crippen LogP contribution in [0.1, 0.15) is 12.5 Å². The summed E-state index contributed by atoms with van der Waals surface area (Å²) in [6.45, 7) is 6.34. The van der Waals surface area contributed by atoms with Crippen molar-refractivity contribution < 1.29 is 9.47 Å². The normalized spacial score (nSPS) is 19.2. The lowest BCUT2D eigenvalue weighted by molar-refractivity contribution is -0.0850. The van der Waals surface area contributed by atoms with Gasteiger partial charge >= 0.3 is 0 Å². The topological polar surface area (TPSA) is 54.9 Å². The molecule has 1 fully saturated rings. The second kappa shape index (κ2) is 10.4. The van der Waals surface area contributed by atoms with Crippen molar-refractivity contribution in [3.8, 4) is 0 Å². The average molecular weight is 411 g/mol. The molecule has 0 aliphatic carbocycles. The largest absolute Gasteiger partial charge is 0.376 e. The van der Waals surface area contributed by atoms with Crippen LogP contribution in [0.5, 0.6) is 0 Å². The van der Waals surface area contributed by atoms with Gasteiger partial charge in [0.05, 0.1) is 32.5 Å². The van der Waals surface area contributed by atoms with E-state index in [9.17, 15) is 0 Å². The minimum atomic E-state index is 0. The van der Waals surface area contributed by atoms with E-state index in [2.05, 4.69) is 39.4 Å². The number of rotatable bonds is 5. The molecule has 7 heteroatoms. The first-order valence-electron chi connectivity index (χ1n) is 6.61. The van der Waals surface area contributed by atoms with Gasteiger partial charge in [0.2, 0.25) is 0 Å². The van der Waals surface area contributed by atoms with Crippen LogP contribution in [0.15, 0.2) is 21.8 Å². The standard InChI is InChI=1S/C13H21N3O2S.HI/c1-2-14-13(15-7-11-3-6-19-10-11)16-8-12-9-17-4-5-18-12;/h3,6,10,12H,2,4-5,7-9H2,1H3,(H2,14,15,16);1H. The molecule has 1 aromatic rings. The van der Waals surface area contributed by atoms with E-state index in [1.54, 1.807) is 11.3 Å². The lowest BCUT2D eigenvalue weighted by Crippen LogP contribution is -2.44. The number of aliphatic imine (C=N–C) groups is 1. The van der Waals surface area contributed by atoms with Crippen LogP contribution in [-0.2, 0) is 16.0 Å². The monoisotopic (exact) mass is 411 g/mol. The fourth-order valence-corrected chi connectivity index (χ4v) is 2.42. The molecule has 5 nitrogen and oxygen atoms in total. The van der Waals surface area contributed by atoms with Crippen LogP contribution in [0.25, 0.3) is 0 Å². The summed E-state index contributed by atoms with van der Waals surface area (Å²) in [6.07, 6.45) is 0.110. The predicted molar refractivity (Wildman–Crippen MR) is 93.1 cm³/mol. The lowest BCUT2D eigenvalue weighted by atomic mass is 10.3. The number of hydrogen-bond donors (Lipinski definition) is 2. The third kappa shape index (κ3) is 6.38. The molecule has 0 saturated carbocycles. The van der Waals surface area contributed by atoms with Crippen LogP contribution in [-0.4, -0.2) is 45.0 Å². The van der Waals surface area contributed by atoms with Gasteiger partial charge in [-0.05, 0) is 29.3 Å². The quantitative estimate of drug-likeness (QED) is 0.441. The van der Waals surface area contributed by atoms with Gasteiger partial charge in [0.15, 0.2) is 5.96 Å². The van der Waals surface area contributed by atoms with E-state index in [1.807, 2.05) is 0 Å². The van der Waals surface area contributed by atoms with Crippen molar-refractivity contribution in [1.82, 2.24) is 10.6 Å². The third-order valence-corrected chi connectivity index (χ3v) is 3.46. The molecule has 1 aliphatic rings. The molecule has 0 spiro atoms. The highest BCUT2D eigenvalue weighted by atomic mass is 127. The number of thiophene rings is 1. The van der Waals surface area contributed by atoms with E-state index in [-0.39, 0.29) is 30.1 Å². The molecule has 0 bridgehead atoms. The number of hydrogen-bond acceptors (Lipinski definition) is 4. The van der Waals surface area contributed by atoms with Crippen molar-refractivity contribution in [3.05, 3.63) is 22.4 Å². The summed E-state index contributed by atoms with van der Waals surface area (Å²) in [6, 6.07) is 2.09. The number of halogens is 1. The molecule has 114 valence electrons. The molecule has 1 aliphatic heterocycles. The summed E-state index contributed by atoms with van der Waals surface area (Å²) in [5, 5.41) is 10.7. The van der Waals surface area contributed by atoms with E-state index in [1.165, 1.54) is 5.56 Å². The highest BCUT2D eigenvalue weighted by molar-refractivity contribution is 14.0. The minimum absolute atomic E-state index is 0. The van der Waals surface area contributed by atoms with Crippen molar-refractivity contribution in [2.45, 2.75) is 19.6 Å². The van der Waals surface area contributed by atoms with Crippen LogP contribution in [0, 0.1) is 0 Å². The van der Waals surface area contributed by atoms with E-state index >= 15 is 0 Å². The molecular weight excluding hydrogens is 389 g/mol. The molecule has 1 saturated heterocycles. The SMILES string of the molecule is CCNC(=NCc1ccsc1)NCC1COCCO1.I. The predicted octanol–water partition coefficient (Wildman–Crippen LogP) is 1.84. The lowest BCUT2D eigenvalue weighted by Gasteiger charge is -2.24. The number of nitrogens with one attached hydrogen (secondary N) is 2. The van der Waals surface area contributed by atoms with E-state index in [0.29, 0.717) is 26.4 Å². The maximum absolute atomic E-state index is 5.59. The second-order valence-electron chi connectivity index (χ2n) is 4.28. The zero-order chi connectivity index (χ0) is 13.3. The molecule has 2 N–H and O–H groups in total. The van der Waals surface area contributed by atoms with Gasteiger partial charge in [0, 0.05) is 13.1 Å². The van der Waals surface area contributed by atoms with Gasteiger partial charge in [-0.15, -0.1) is 24.0 Å². The first kappa shape index (κ1) is 17.7. The minimum Gasteiger partial charge on any atom is -0.376 e. The Balaban J connectivity index is 0.00000200. The van der Waals surface area contributed by atoms with Crippen LogP contribution in [0.4, 0.5) is 0 Å². The Hall–Kier alpha value is -0.380. The van der Waals surface area contributed by atoms with Gasteiger partial charge in [-0.2, -0.15) is 11.3 Å². The Bertz CT molecular complexity index is 381. The summed E-state index contributed by atoms with van der Waals surface area (Å²) >= 11 is 1.69. The van der Waals surface area contributed by atoms with Gasteiger partial charge < -0.3 is 20.1 Å². The molecule has 2 heterocycles. The van der Waals surface area contributed by atoms with Crippen LogP contribution >= 0.6 is 35.3 Å². The molecule has 1 aromatic heterocycles. The summed E-state index contributed by atoms with van der Waals surface area (Å²) in [5.74, 6) is 0.822. The first-order valence-corrected chi connectivity index (χ1v) is 7.55. The summed E-state index contributed by atoms with van der Waals surface area (Å²) in [5.41, 5.74) is 1.24. The Labute approximate surface area is 141 Å². The fourth-order valence-electron chi connectivity index (χ4n) is 1.76. The average Bonchev–Trinajstić information content (AvgIpc) is 2.96.